The number of aliphatic imine (C=N–C) groups is 1. The average molecular weight is 361 g/mol. The van der Waals surface area contributed by atoms with E-state index >= 15 is 0 Å². The van der Waals surface area contributed by atoms with Crippen molar-refractivity contribution < 1.29 is 9.21 Å². The number of amides is 1. The number of hydrogen-bond acceptors (Lipinski definition) is 4. The summed E-state index contributed by atoms with van der Waals surface area (Å²) in [5, 5.41) is 1.33. The lowest BCUT2D eigenvalue weighted by Crippen LogP contribution is -2.33. The number of anilines is 1. The molecule has 124 valence electrons. The first-order valence-electron chi connectivity index (χ1n) is 7.58. The fraction of sp³-hybridized carbons (Fsp3) is 0.222. The highest BCUT2D eigenvalue weighted by atomic mass is 35.5. The first-order valence-corrected chi connectivity index (χ1v) is 8.94. The second kappa shape index (κ2) is 7.28. The van der Waals surface area contributed by atoms with E-state index in [0.29, 0.717) is 16.0 Å². The molecule has 4 nitrogen and oxygen atoms in total. The highest BCUT2D eigenvalue weighted by Crippen LogP contribution is 2.27. The van der Waals surface area contributed by atoms with Gasteiger partial charge in [-0.2, -0.15) is 0 Å². The minimum atomic E-state index is -0.174. The molecule has 0 saturated heterocycles. The van der Waals surface area contributed by atoms with Crippen LogP contribution in [-0.4, -0.2) is 22.9 Å². The number of amidine groups is 1. The number of hydrogen-bond donors (Lipinski definition) is 0. The zero-order chi connectivity index (χ0) is 17.1. The lowest BCUT2D eigenvalue weighted by molar-refractivity contribution is -0.113. The van der Waals surface area contributed by atoms with E-state index in [1.807, 2.05) is 38.1 Å². The molecule has 0 aliphatic carbocycles. The summed E-state index contributed by atoms with van der Waals surface area (Å²) in [5.74, 6) is 2.15. The first kappa shape index (κ1) is 16.9. The number of halogens is 1. The van der Waals surface area contributed by atoms with Crippen LogP contribution < -0.4 is 4.90 Å². The van der Waals surface area contributed by atoms with Gasteiger partial charge < -0.3 is 4.42 Å². The minimum absolute atomic E-state index is 0.174. The molecule has 2 heterocycles. The van der Waals surface area contributed by atoms with Crippen molar-refractivity contribution in [2.24, 2.45) is 4.99 Å². The summed E-state index contributed by atoms with van der Waals surface area (Å²) < 4.78 is 5.47. The second-order valence-corrected chi connectivity index (χ2v) is 6.93. The molecule has 0 bridgehead atoms. The van der Waals surface area contributed by atoms with Crippen LogP contribution in [0, 0.1) is 6.92 Å². The molecule has 1 atom stereocenters. The predicted molar refractivity (Wildman–Crippen MR) is 101 cm³/mol. The maximum absolute atomic E-state index is 12.8. The maximum Gasteiger partial charge on any atom is 0.257 e. The topological polar surface area (TPSA) is 45.8 Å². The van der Waals surface area contributed by atoms with Gasteiger partial charge in [-0.1, -0.05) is 23.4 Å². The molecule has 1 aromatic heterocycles. The van der Waals surface area contributed by atoms with Crippen molar-refractivity contribution in [2.75, 3.05) is 10.7 Å². The zero-order valence-corrected chi connectivity index (χ0v) is 15.0. The number of carbonyl (C=O) groups excluding carboxylic acids is 1. The van der Waals surface area contributed by atoms with E-state index < -0.39 is 0 Å². The minimum Gasteiger partial charge on any atom is -0.462 e. The molecule has 1 amide bonds. The van der Waals surface area contributed by atoms with Crippen LogP contribution in [0.3, 0.4) is 0 Å². The lowest BCUT2D eigenvalue weighted by Gasteiger charge is -2.20. The number of thioether (sulfide) groups is 1. The van der Waals surface area contributed by atoms with Gasteiger partial charge in [-0.3, -0.25) is 14.7 Å². The normalized spacial score (nSPS) is 17.3. The van der Waals surface area contributed by atoms with Gasteiger partial charge in [0.15, 0.2) is 5.17 Å². The highest BCUT2D eigenvalue weighted by molar-refractivity contribution is 8.14. The average Bonchev–Trinajstić information content (AvgIpc) is 3.16. The molecular formula is C18H17ClN2O2S. The van der Waals surface area contributed by atoms with E-state index in [4.69, 9.17) is 16.0 Å². The fourth-order valence-corrected chi connectivity index (χ4v) is 3.44. The molecule has 6 heteroatoms. The van der Waals surface area contributed by atoms with Gasteiger partial charge in [-0.05, 0) is 56.3 Å². The Hall–Kier alpha value is -1.98. The molecule has 0 unspecified atom stereocenters. The van der Waals surface area contributed by atoms with Crippen molar-refractivity contribution in [2.45, 2.75) is 19.9 Å². The molecule has 0 radical (unpaired) electrons. The van der Waals surface area contributed by atoms with Crippen LogP contribution in [0.25, 0.3) is 6.08 Å². The van der Waals surface area contributed by atoms with Gasteiger partial charge in [0, 0.05) is 16.9 Å². The van der Waals surface area contributed by atoms with Crippen LogP contribution in [0.1, 0.15) is 18.4 Å². The van der Waals surface area contributed by atoms with E-state index in [1.54, 1.807) is 34.9 Å². The largest absolute Gasteiger partial charge is 0.462 e. The number of furan rings is 1. The van der Waals surface area contributed by atoms with Crippen molar-refractivity contribution in [1.29, 1.82) is 0 Å². The van der Waals surface area contributed by atoms with Crippen molar-refractivity contribution in [1.82, 2.24) is 0 Å². The van der Waals surface area contributed by atoms with Crippen molar-refractivity contribution in [3.63, 3.8) is 0 Å². The van der Waals surface area contributed by atoms with E-state index in [1.165, 1.54) is 6.08 Å². The molecule has 0 spiro atoms. The van der Waals surface area contributed by atoms with Crippen LogP contribution in [0.15, 0.2) is 51.9 Å². The quantitative estimate of drug-likeness (QED) is 0.740. The fourth-order valence-electron chi connectivity index (χ4n) is 2.27. The Balaban J connectivity index is 1.89. The number of aryl methyl sites for hydroxylation is 1. The van der Waals surface area contributed by atoms with E-state index in [9.17, 15) is 4.79 Å². The highest BCUT2D eigenvalue weighted by Gasteiger charge is 2.25. The molecule has 1 aliphatic rings. The third kappa shape index (κ3) is 3.91. The third-order valence-electron chi connectivity index (χ3n) is 3.43. The Morgan fingerprint density at radius 2 is 2.08 bits per heavy atom. The van der Waals surface area contributed by atoms with E-state index in [2.05, 4.69) is 4.99 Å². The van der Waals surface area contributed by atoms with Gasteiger partial charge in [0.1, 0.15) is 11.5 Å². The zero-order valence-electron chi connectivity index (χ0n) is 13.4. The summed E-state index contributed by atoms with van der Waals surface area (Å²) in [5.41, 5.74) is 0.741. The molecule has 24 heavy (non-hydrogen) atoms. The molecular weight excluding hydrogens is 344 g/mol. The van der Waals surface area contributed by atoms with Gasteiger partial charge in [0.25, 0.3) is 5.91 Å². The summed E-state index contributed by atoms with van der Waals surface area (Å²) in [6.45, 7) is 3.90. The van der Waals surface area contributed by atoms with Gasteiger partial charge >= 0.3 is 0 Å². The van der Waals surface area contributed by atoms with Gasteiger partial charge in [0.2, 0.25) is 0 Å². The molecule has 2 aromatic rings. The summed E-state index contributed by atoms with van der Waals surface area (Å²) in [4.78, 5) is 18.9. The van der Waals surface area contributed by atoms with Crippen molar-refractivity contribution in [3.05, 3.63) is 59.0 Å². The monoisotopic (exact) mass is 360 g/mol. The van der Waals surface area contributed by atoms with E-state index in [-0.39, 0.29) is 11.9 Å². The number of nitrogens with zero attached hydrogens (tertiary/aromatic N) is 2. The van der Waals surface area contributed by atoms with Crippen molar-refractivity contribution >= 4 is 46.2 Å². The molecule has 0 saturated carbocycles. The van der Waals surface area contributed by atoms with E-state index in [0.717, 1.165) is 17.2 Å². The smallest absolute Gasteiger partial charge is 0.257 e. The summed E-state index contributed by atoms with van der Waals surface area (Å²) in [6.07, 6.45) is 3.17. The number of benzene rings is 1. The van der Waals surface area contributed by atoms with Gasteiger partial charge in [-0.15, -0.1) is 0 Å². The molecule has 3 rings (SSSR count). The standard InChI is InChI=1S/C18H17ClN2O2S/c1-12-11-24-18(20-12)21(15-6-4-14(19)5-7-15)17(22)10-9-16-8-3-13(2)23-16/h3-10,12H,11H2,1-2H3/b10-9+/t12-/m1/s1. The summed E-state index contributed by atoms with van der Waals surface area (Å²) in [7, 11) is 0. The molecule has 1 aromatic carbocycles. The van der Waals surface area contributed by atoms with Gasteiger partial charge in [-0.25, -0.2) is 0 Å². The molecule has 0 fully saturated rings. The maximum atomic E-state index is 12.8. The molecule has 0 N–H and O–H groups in total. The second-order valence-electron chi connectivity index (χ2n) is 5.50. The van der Waals surface area contributed by atoms with Crippen LogP contribution in [0.2, 0.25) is 5.02 Å². The molecule has 1 aliphatic heterocycles. The Morgan fingerprint density at radius 1 is 1.33 bits per heavy atom. The van der Waals surface area contributed by atoms with Crippen LogP contribution >= 0.6 is 23.4 Å². The number of carbonyl (C=O) groups is 1. The van der Waals surface area contributed by atoms with Gasteiger partial charge in [0.05, 0.1) is 11.7 Å². The van der Waals surface area contributed by atoms with Crippen LogP contribution in [0.4, 0.5) is 5.69 Å². The third-order valence-corrected chi connectivity index (χ3v) is 4.88. The summed E-state index contributed by atoms with van der Waals surface area (Å²) >= 11 is 7.53. The SMILES string of the molecule is Cc1ccc(/C=C/C(=O)N(C2=N[C@H](C)CS2)c2ccc(Cl)cc2)o1. The Bertz CT molecular complexity index is 796. The van der Waals surface area contributed by atoms with Crippen LogP contribution in [0.5, 0.6) is 0 Å². The lowest BCUT2D eigenvalue weighted by atomic mass is 10.3. The van der Waals surface area contributed by atoms with Crippen molar-refractivity contribution in [3.8, 4) is 0 Å². The first-order chi connectivity index (χ1) is 11.5. The summed E-state index contributed by atoms with van der Waals surface area (Å²) in [6, 6.07) is 11.1. The predicted octanol–water partition coefficient (Wildman–Crippen LogP) is 4.78. The number of rotatable bonds is 3. The Kier molecular flexibility index (Phi) is 5.11. The Morgan fingerprint density at radius 3 is 2.67 bits per heavy atom. The Labute approximate surface area is 150 Å². The van der Waals surface area contributed by atoms with Crippen LogP contribution in [-0.2, 0) is 4.79 Å².